The van der Waals surface area contributed by atoms with Crippen LogP contribution in [0.1, 0.15) is 52.3 Å². The smallest absolute Gasteiger partial charge is 0.223 e. The van der Waals surface area contributed by atoms with Gasteiger partial charge in [0.2, 0.25) is 5.95 Å². The van der Waals surface area contributed by atoms with E-state index in [0.717, 1.165) is 24.0 Å². The molecule has 0 saturated carbocycles. The Kier molecular flexibility index (Phi) is 6.44. The number of hydrogen-bond donors (Lipinski definition) is 3. The Morgan fingerprint density at radius 2 is 1.96 bits per heavy atom. The van der Waals surface area contributed by atoms with Crippen LogP contribution in [-0.2, 0) is 0 Å². The van der Waals surface area contributed by atoms with Crippen molar-refractivity contribution < 1.29 is 5.11 Å². The lowest BCUT2D eigenvalue weighted by molar-refractivity contribution is 0.194. The fourth-order valence-corrected chi connectivity index (χ4v) is 3.48. The second-order valence-corrected chi connectivity index (χ2v) is 7.76. The van der Waals surface area contributed by atoms with Gasteiger partial charge in [-0.25, -0.2) is 15.0 Å². The van der Waals surface area contributed by atoms with E-state index >= 15 is 0 Å². The second-order valence-electron chi connectivity index (χ2n) is 7.76. The van der Waals surface area contributed by atoms with Gasteiger partial charge in [-0.3, -0.25) is 0 Å². The Morgan fingerprint density at radius 1 is 1.22 bits per heavy atom. The van der Waals surface area contributed by atoms with Crippen LogP contribution in [0.2, 0.25) is 0 Å². The highest BCUT2D eigenvalue weighted by Gasteiger charge is 2.18. The molecule has 3 rings (SSSR count). The molecule has 148 valence electrons. The van der Waals surface area contributed by atoms with Crippen molar-refractivity contribution in [1.29, 1.82) is 0 Å². The van der Waals surface area contributed by atoms with Crippen LogP contribution in [-0.4, -0.2) is 57.2 Å². The van der Waals surface area contributed by atoms with Crippen LogP contribution >= 0.6 is 0 Å². The molecule has 1 fully saturated rings. The summed E-state index contributed by atoms with van der Waals surface area (Å²) in [6.45, 7) is 12.5. The SMILES string of the molecule is CCN1CCC(CNc2ncc3cc([C@@H](C)O)nc(NC(C)C)c3n2)CC1. The first-order chi connectivity index (χ1) is 13.0. The van der Waals surface area contributed by atoms with Crippen LogP contribution in [0.3, 0.4) is 0 Å². The van der Waals surface area contributed by atoms with Crippen molar-refractivity contribution in [3.05, 3.63) is 18.0 Å². The minimum atomic E-state index is -0.631. The predicted molar refractivity (Wildman–Crippen MR) is 110 cm³/mol. The van der Waals surface area contributed by atoms with E-state index in [0.29, 0.717) is 23.4 Å². The lowest BCUT2D eigenvalue weighted by Crippen LogP contribution is -2.35. The first kappa shape index (κ1) is 19.8. The Morgan fingerprint density at radius 3 is 2.59 bits per heavy atom. The van der Waals surface area contributed by atoms with Crippen molar-refractivity contribution in [3.63, 3.8) is 0 Å². The number of likely N-dealkylation sites (tertiary alicyclic amines) is 1. The normalized spacial score (nSPS) is 17.4. The molecule has 7 heteroatoms. The molecule has 1 atom stereocenters. The summed E-state index contributed by atoms with van der Waals surface area (Å²) in [6.07, 6.45) is 3.61. The molecule has 0 radical (unpaired) electrons. The largest absolute Gasteiger partial charge is 0.387 e. The van der Waals surface area contributed by atoms with Gasteiger partial charge in [0.05, 0.1) is 11.8 Å². The van der Waals surface area contributed by atoms with Gasteiger partial charge in [0.15, 0.2) is 5.82 Å². The molecule has 2 aromatic rings. The van der Waals surface area contributed by atoms with Gasteiger partial charge < -0.3 is 20.6 Å². The third kappa shape index (κ3) is 5.05. The maximum atomic E-state index is 9.91. The number of aliphatic hydroxyl groups is 1. The average Bonchev–Trinajstić information content (AvgIpc) is 2.66. The third-order valence-corrected chi connectivity index (χ3v) is 5.14. The van der Waals surface area contributed by atoms with Gasteiger partial charge in [-0.05, 0) is 65.2 Å². The monoisotopic (exact) mass is 372 g/mol. The maximum Gasteiger partial charge on any atom is 0.223 e. The number of nitrogens with one attached hydrogen (secondary N) is 2. The summed E-state index contributed by atoms with van der Waals surface area (Å²) >= 11 is 0. The Labute approximate surface area is 161 Å². The predicted octanol–water partition coefficient (Wildman–Crippen LogP) is 3.04. The summed E-state index contributed by atoms with van der Waals surface area (Å²) in [6, 6.07) is 2.08. The molecule has 0 bridgehead atoms. The lowest BCUT2D eigenvalue weighted by atomic mass is 9.97. The molecule has 2 aromatic heterocycles. The summed E-state index contributed by atoms with van der Waals surface area (Å²) in [5.74, 6) is 2.00. The molecular weight excluding hydrogens is 340 g/mol. The second kappa shape index (κ2) is 8.80. The van der Waals surface area contributed by atoms with Crippen molar-refractivity contribution in [2.75, 3.05) is 36.8 Å². The van der Waals surface area contributed by atoms with Gasteiger partial charge in [-0.15, -0.1) is 0 Å². The number of pyridine rings is 1. The summed E-state index contributed by atoms with van der Waals surface area (Å²) < 4.78 is 0. The number of anilines is 2. The van der Waals surface area contributed by atoms with Gasteiger partial charge in [0.1, 0.15) is 5.52 Å². The van der Waals surface area contributed by atoms with Gasteiger partial charge in [0, 0.05) is 24.2 Å². The van der Waals surface area contributed by atoms with Crippen LogP contribution < -0.4 is 10.6 Å². The topological polar surface area (TPSA) is 86.2 Å². The Bertz CT molecular complexity index is 755. The van der Waals surface area contributed by atoms with Gasteiger partial charge >= 0.3 is 0 Å². The Balaban J connectivity index is 1.76. The molecule has 0 amide bonds. The van der Waals surface area contributed by atoms with Crippen molar-refractivity contribution in [3.8, 4) is 0 Å². The first-order valence-electron chi connectivity index (χ1n) is 10.0. The number of fused-ring (bicyclic) bond motifs is 1. The molecule has 3 N–H and O–H groups in total. The zero-order valence-corrected chi connectivity index (χ0v) is 16.9. The molecule has 1 aliphatic rings. The van der Waals surface area contributed by atoms with E-state index in [9.17, 15) is 5.11 Å². The van der Waals surface area contributed by atoms with Gasteiger partial charge in [-0.2, -0.15) is 0 Å². The number of aromatic nitrogens is 3. The van der Waals surface area contributed by atoms with E-state index < -0.39 is 6.10 Å². The maximum absolute atomic E-state index is 9.91. The summed E-state index contributed by atoms with van der Waals surface area (Å²) in [7, 11) is 0. The molecule has 0 spiro atoms. The molecule has 1 aliphatic heterocycles. The van der Waals surface area contributed by atoms with Crippen molar-refractivity contribution in [2.24, 2.45) is 5.92 Å². The number of piperidine rings is 1. The summed E-state index contributed by atoms with van der Waals surface area (Å²) in [5, 5.41) is 17.5. The van der Waals surface area contributed by atoms with E-state index in [-0.39, 0.29) is 6.04 Å². The molecule has 3 heterocycles. The van der Waals surface area contributed by atoms with Crippen LogP contribution in [0.5, 0.6) is 0 Å². The number of hydrogen-bond acceptors (Lipinski definition) is 7. The minimum absolute atomic E-state index is 0.222. The zero-order valence-electron chi connectivity index (χ0n) is 16.9. The highest BCUT2D eigenvalue weighted by Crippen LogP contribution is 2.25. The molecule has 0 aliphatic carbocycles. The summed E-state index contributed by atoms with van der Waals surface area (Å²) in [4.78, 5) is 16.2. The molecular formula is C20H32N6O. The van der Waals surface area contributed by atoms with Crippen LogP contribution in [0.4, 0.5) is 11.8 Å². The van der Waals surface area contributed by atoms with Crippen LogP contribution in [0.25, 0.3) is 10.9 Å². The molecule has 0 unspecified atom stereocenters. The third-order valence-electron chi connectivity index (χ3n) is 5.14. The highest BCUT2D eigenvalue weighted by atomic mass is 16.3. The van der Waals surface area contributed by atoms with Gasteiger partial charge in [-0.1, -0.05) is 6.92 Å². The van der Waals surface area contributed by atoms with E-state index in [1.807, 2.05) is 12.3 Å². The van der Waals surface area contributed by atoms with E-state index in [1.54, 1.807) is 6.92 Å². The van der Waals surface area contributed by atoms with E-state index in [2.05, 4.69) is 46.3 Å². The fraction of sp³-hybridized carbons (Fsp3) is 0.650. The van der Waals surface area contributed by atoms with Crippen LogP contribution in [0.15, 0.2) is 12.3 Å². The molecule has 0 aromatic carbocycles. The van der Waals surface area contributed by atoms with Gasteiger partial charge in [0.25, 0.3) is 0 Å². The van der Waals surface area contributed by atoms with Crippen molar-refractivity contribution >= 4 is 22.7 Å². The number of rotatable bonds is 7. The molecule has 7 nitrogen and oxygen atoms in total. The van der Waals surface area contributed by atoms with E-state index in [1.165, 1.54) is 25.9 Å². The fourth-order valence-electron chi connectivity index (χ4n) is 3.48. The molecule has 27 heavy (non-hydrogen) atoms. The summed E-state index contributed by atoms with van der Waals surface area (Å²) in [5.41, 5.74) is 1.41. The molecule has 1 saturated heterocycles. The van der Waals surface area contributed by atoms with Crippen molar-refractivity contribution in [2.45, 2.75) is 52.7 Å². The zero-order chi connectivity index (χ0) is 19.4. The van der Waals surface area contributed by atoms with Crippen LogP contribution in [0, 0.1) is 5.92 Å². The standard InChI is InChI=1S/C20H32N6O/c1-5-26-8-6-15(7-9-26)11-21-20-22-12-16-10-17(14(4)27)24-19(18(16)25-20)23-13(2)3/h10,12-15,27H,5-9,11H2,1-4H3,(H,23,24)(H,21,22,25)/t14-/m1/s1. The quantitative estimate of drug-likeness (QED) is 0.688. The minimum Gasteiger partial charge on any atom is -0.387 e. The highest BCUT2D eigenvalue weighted by molar-refractivity contribution is 5.88. The average molecular weight is 373 g/mol. The Hall–Kier alpha value is -1.99. The first-order valence-corrected chi connectivity index (χ1v) is 10.0. The lowest BCUT2D eigenvalue weighted by Gasteiger charge is -2.31. The number of aliphatic hydroxyl groups excluding tert-OH is 1. The van der Waals surface area contributed by atoms with Crippen molar-refractivity contribution in [1.82, 2.24) is 19.9 Å². The van der Waals surface area contributed by atoms with E-state index in [4.69, 9.17) is 4.98 Å². The number of nitrogens with zero attached hydrogens (tertiary/aromatic N) is 4.